The summed E-state index contributed by atoms with van der Waals surface area (Å²) in [5.41, 5.74) is 2.34. The third-order valence-electron chi connectivity index (χ3n) is 3.40. The van der Waals surface area contributed by atoms with Gasteiger partial charge in [0.15, 0.2) is 0 Å². The molecule has 1 aliphatic rings. The molecule has 100 valence electrons. The predicted molar refractivity (Wildman–Crippen MR) is 79.7 cm³/mol. The van der Waals surface area contributed by atoms with Crippen molar-refractivity contribution in [2.24, 2.45) is 10.9 Å². The molecule has 0 bridgehead atoms. The molecule has 1 aromatic rings. The van der Waals surface area contributed by atoms with Gasteiger partial charge in [-0.1, -0.05) is 29.3 Å². The highest BCUT2D eigenvalue weighted by molar-refractivity contribution is 6.36. The van der Waals surface area contributed by atoms with E-state index in [-0.39, 0.29) is 0 Å². The van der Waals surface area contributed by atoms with E-state index in [9.17, 15) is 10.5 Å². The maximum absolute atomic E-state index is 9.43. The van der Waals surface area contributed by atoms with Crippen LogP contribution in [0.4, 0.5) is 0 Å². The summed E-state index contributed by atoms with van der Waals surface area (Å²) >= 11 is 12.5. The van der Waals surface area contributed by atoms with Crippen molar-refractivity contribution in [3.63, 3.8) is 0 Å². The lowest BCUT2D eigenvalue weighted by atomic mass is 9.77. The van der Waals surface area contributed by atoms with Crippen molar-refractivity contribution in [2.45, 2.75) is 19.8 Å². The van der Waals surface area contributed by atoms with Crippen LogP contribution in [0.15, 0.2) is 34.5 Å². The third kappa shape index (κ3) is 2.31. The molecule has 1 aliphatic heterocycles. The van der Waals surface area contributed by atoms with Crippen LogP contribution in [0.1, 0.15) is 25.3 Å². The van der Waals surface area contributed by atoms with E-state index < -0.39 is 11.8 Å². The van der Waals surface area contributed by atoms with E-state index in [1.54, 1.807) is 32.0 Å². The number of hydrogen-bond acceptors (Lipinski definition) is 3. The Labute approximate surface area is 127 Å². The maximum Gasteiger partial charge on any atom is 0.0973 e. The lowest BCUT2D eigenvalue weighted by Crippen LogP contribution is -2.25. The highest BCUT2D eigenvalue weighted by Gasteiger charge is 2.36. The number of rotatable bonds is 1. The first kappa shape index (κ1) is 14.6. The van der Waals surface area contributed by atoms with Crippen LogP contribution in [0.25, 0.3) is 0 Å². The Morgan fingerprint density at radius 1 is 1.15 bits per heavy atom. The molecule has 1 unspecified atom stereocenters. The van der Waals surface area contributed by atoms with Crippen LogP contribution in [-0.2, 0) is 0 Å². The number of hydrogen-bond donors (Lipinski definition) is 0. The fourth-order valence-electron chi connectivity index (χ4n) is 2.46. The van der Waals surface area contributed by atoms with E-state index in [1.165, 1.54) is 0 Å². The molecule has 20 heavy (non-hydrogen) atoms. The highest BCUT2D eigenvalue weighted by atomic mass is 35.5. The van der Waals surface area contributed by atoms with Crippen LogP contribution >= 0.6 is 23.2 Å². The molecule has 1 heterocycles. The smallest absolute Gasteiger partial charge is 0.0973 e. The molecule has 2 rings (SSSR count). The molecule has 0 saturated carbocycles. The Bertz CT molecular complexity index is 685. The summed E-state index contributed by atoms with van der Waals surface area (Å²) in [5.74, 6) is -1.01. The van der Waals surface area contributed by atoms with Gasteiger partial charge in [0.2, 0.25) is 0 Å². The first-order valence-corrected chi connectivity index (χ1v) is 6.76. The molecule has 0 spiro atoms. The van der Waals surface area contributed by atoms with Crippen LogP contribution < -0.4 is 0 Å². The molecular weight excluding hydrogens is 293 g/mol. The fraction of sp³-hybridized carbons (Fsp3) is 0.267. The van der Waals surface area contributed by atoms with Crippen LogP contribution in [0.2, 0.25) is 10.0 Å². The SMILES string of the molecule is CC1=NC(C)=C(C#N)[C@H](c2c(Cl)cccc2Cl)C1C#N. The van der Waals surface area contributed by atoms with E-state index in [0.717, 1.165) is 0 Å². The van der Waals surface area contributed by atoms with Gasteiger partial charge in [0.05, 0.1) is 29.3 Å². The molecule has 0 aromatic heterocycles. The Morgan fingerprint density at radius 3 is 2.25 bits per heavy atom. The third-order valence-corrected chi connectivity index (χ3v) is 4.06. The van der Waals surface area contributed by atoms with Crippen LogP contribution in [0, 0.1) is 28.6 Å². The molecule has 0 fully saturated rings. The van der Waals surface area contributed by atoms with E-state index in [2.05, 4.69) is 17.1 Å². The van der Waals surface area contributed by atoms with Gasteiger partial charge in [0.25, 0.3) is 0 Å². The van der Waals surface area contributed by atoms with E-state index in [4.69, 9.17) is 23.2 Å². The minimum absolute atomic E-state index is 0.442. The monoisotopic (exact) mass is 303 g/mol. The van der Waals surface area contributed by atoms with E-state index in [1.807, 2.05) is 0 Å². The van der Waals surface area contributed by atoms with Gasteiger partial charge in [-0.15, -0.1) is 0 Å². The number of benzene rings is 1. The Kier molecular flexibility index (Phi) is 4.14. The summed E-state index contributed by atoms with van der Waals surface area (Å²) < 4.78 is 0. The molecule has 1 aromatic carbocycles. The summed E-state index contributed by atoms with van der Waals surface area (Å²) in [6, 6.07) is 9.51. The van der Waals surface area contributed by atoms with Crippen LogP contribution in [0.5, 0.6) is 0 Å². The normalized spacial score (nSPS) is 22.0. The number of halogens is 2. The average Bonchev–Trinajstić information content (AvgIpc) is 2.38. The van der Waals surface area contributed by atoms with Crippen molar-refractivity contribution in [3.8, 4) is 12.1 Å². The Morgan fingerprint density at radius 2 is 1.75 bits per heavy atom. The molecule has 0 radical (unpaired) electrons. The molecule has 0 N–H and O–H groups in total. The largest absolute Gasteiger partial charge is 0.260 e. The molecular formula is C15H11Cl2N3. The van der Waals surface area contributed by atoms with Crippen molar-refractivity contribution in [1.29, 1.82) is 10.5 Å². The van der Waals surface area contributed by atoms with Gasteiger partial charge in [0, 0.05) is 21.7 Å². The van der Waals surface area contributed by atoms with Gasteiger partial charge in [-0.25, -0.2) is 0 Å². The predicted octanol–water partition coefficient (Wildman–Crippen LogP) is 4.49. The van der Waals surface area contributed by atoms with E-state index in [0.29, 0.717) is 32.6 Å². The molecule has 0 aliphatic carbocycles. The summed E-state index contributed by atoms with van der Waals surface area (Å²) in [6.07, 6.45) is 0. The fourth-order valence-corrected chi connectivity index (χ4v) is 3.10. The average molecular weight is 304 g/mol. The molecule has 0 saturated heterocycles. The summed E-state index contributed by atoms with van der Waals surface area (Å²) in [6.45, 7) is 3.54. The van der Waals surface area contributed by atoms with Crippen molar-refractivity contribution < 1.29 is 0 Å². The zero-order chi connectivity index (χ0) is 14.9. The van der Waals surface area contributed by atoms with Crippen LogP contribution in [-0.4, -0.2) is 5.71 Å². The van der Waals surface area contributed by atoms with Gasteiger partial charge in [-0.3, -0.25) is 4.99 Å². The first-order valence-electron chi connectivity index (χ1n) is 6.00. The molecule has 3 nitrogen and oxygen atoms in total. The number of aliphatic imine (C=N–C) groups is 1. The topological polar surface area (TPSA) is 59.9 Å². The van der Waals surface area contributed by atoms with Crippen molar-refractivity contribution in [1.82, 2.24) is 0 Å². The highest BCUT2D eigenvalue weighted by Crippen LogP contribution is 2.43. The zero-order valence-corrected chi connectivity index (χ0v) is 12.5. The molecule has 5 heteroatoms. The van der Waals surface area contributed by atoms with Gasteiger partial charge >= 0.3 is 0 Å². The zero-order valence-electron chi connectivity index (χ0n) is 11.0. The second-order valence-electron chi connectivity index (χ2n) is 4.58. The number of nitrogens with zero attached hydrogens (tertiary/aromatic N) is 3. The minimum atomic E-state index is -0.536. The van der Waals surface area contributed by atoms with Crippen molar-refractivity contribution in [2.75, 3.05) is 0 Å². The lowest BCUT2D eigenvalue weighted by Gasteiger charge is -2.28. The number of allylic oxidation sites excluding steroid dienone is 2. The molecule has 0 amide bonds. The second kappa shape index (κ2) is 5.67. The van der Waals surface area contributed by atoms with Gasteiger partial charge in [-0.05, 0) is 31.5 Å². The Hall–Kier alpha value is -1.81. The Balaban J connectivity index is 2.73. The van der Waals surface area contributed by atoms with Gasteiger partial charge < -0.3 is 0 Å². The first-order chi connectivity index (χ1) is 9.51. The van der Waals surface area contributed by atoms with Crippen molar-refractivity contribution in [3.05, 3.63) is 45.1 Å². The van der Waals surface area contributed by atoms with Crippen LogP contribution in [0.3, 0.4) is 0 Å². The summed E-state index contributed by atoms with van der Waals surface area (Å²) in [7, 11) is 0. The minimum Gasteiger partial charge on any atom is -0.260 e. The molecule has 2 atom stereocenters. The van der Waals surface area contributed by atoms with E-state index >= 15 is 0 Å². The van der Waals surface area contributed by atoms with Gasteiger partial charge in [-0.2, -0.15) is 10.5 Å². The lowest BCUT2D eigenvalue weighted by molar-refractivity contribution is 0.704. The summed E-state index contributed by atoms with van der Waals surface area (Å²) in [4.78, 5) is 4.29. The van der Waals surface area contributed by atoms with Crippen molar-refractivity contribution >= 4 is 28.9 Å². The maximum atomic E-state index is 9.43. The van der Waals surface area contributed by atoms with Gasteiger partial charge in [0.1, 0.15) is 0 Å². The number of nitriles is 2. The quantitative estimate of drug-likeness (QED) is 0.767. The standard InChI is InChI=1S/C15H11Cl2N3/c1-8-10(6-18)14(11(7-19)9(2)20-8)15-12(16)4-3-5-13(15)17/h3-5,10,14H,1-2H3/t10?,14-/m1/s1. The second-order valence-corrected chi connectivity index (χ2v) is 5.40. The summed E-state index contributed by atoms with van der Waals surface area (Å²) in [5, 5.41) is 19.7.